The van der Waals surface area contributed by atoms with Crippen LogP contribution in [0.4, 0.5) is 0 Å². The number of pyridine rings is 1. The van der Waals surface area contributed by atoms with Crippen LogP contribution in [0.1, 0.15) is 43.1 Å². The summed E-state index contributed by atoms with van der Waals surface area (Å²) in [7, 11) is 1.63. The van der Waals surface area contributed by atoms with Crippen molar-refractivity contribution in [2.75, 3.05) is 7.11 Å². The van der Waals surface area contributed by atoms with E-state index < -0.39 is 0 Å². The van der Waals surface area contributed by atoms with Crippen molar-refractivity contribution in [3.05, 3.63) is 47.4 Å². The van der Waals surface area contributed by atoms with Crippen molar-refractivity contribution in [1.29, 1.82) is 0 Å². The summed E-state index contributed by atoms with van der Waals surface area (Å²) in [6, 6.07) is 6.29. The predicted molar refractivity (Wildman–Crippen MR) is 83.4 cm³/mol. The zero-order valence-corrected chi connectivity index (χ0v) is 13.0. The lowest BCUT2D eigenvalue weighted by Crippen LogP contribution is -2.30. The molecule has 3 rings (SSSR count). The molecule has 2 N–H and O–H groups in total. The zero-order chi connectivity index (χ0) is 15.0. The van der Waals surface area contributed by atoms with Crippen molar-refractivity contribution in [1.82, 2.24) is 9.55 Å². The van der Waals surface area contributed by atoms with Gasteiger partial charge >= 0.3 is 0 Å². The number of hydrogen-bond donors (Lipinski definition) is 1. The Balaban J connectivity index is 1.87. The van der Waals surface area contributed by atoms with Gasteiger partial charge in [0.25, 0.3) is 0 Å². The number of methoxy groups -OCH3 is 1. The van der Waals surface area contributed by atoms with Gasteiger partial charge in [-0.1, -0.05) is 19.9 Å². The molecule has 1 aliphatic rings. The topological polar surface area (TPSA) is 53.1 Å². The van der Waals surface area contributed by atoms with E-state index in [0.29, 0.717) is 5.88 Å². The molecule has 112 valence electrons. The molecule has 1 aliphatic carbocycles. The van der Waals surface area contributed by atoms with E-state index in [-0.39, 0.29) is 11.5 Å². The maximum absolute atomic E-state index is 6.32. The lowest BCUT2D eigenvalue weighted by atomic mass is 9.74. The Kier molecular flexibility index (Phi) is 3.49. The fourth-order valence-electron chi connectivity index (χ4n) is 3.26. The molecule has 2 aromatic rings. The Morgan fingerprint density at radius 2 is 2.19 bits per heavy atom. The number of ether oxygens (including phenoxy) is 1. The standard InChI is InChI=1S/C17H23N3O/c1-17(2)8-14(18)13-6-7-20(15(13)9-17)11-12-4-5-16(21-3)19-10-12/h4-7,10,14H,8-9,11,18H2,1-3H3. The smallest absolute Gasteiger partial charge is 0.212 e. The van der Waals surface area contributed by atoms with Gasteiger partial charge in [0, 0.05) is 36.7 Å². The molecule has 0 aliphatic heterocycles. The van der Waals surface area contributed by atoms with Crippen molar-refractivity contribution >= 4 is 0 Å². The first-order chi connectivity index (χ1) is 9.98. The van der Waals surface area contributed by atoms with Crippen LogP contribution in [0.3, 0.4) is 0 Å². The van der Waals surface area contributed by atoms with Crippen LogP contribution in [0.2, 0.25) is 0 Å². The summed E-state index contributed by atoms with van der Waals surface area (Å²) in [4.78, 5) is 4.27. The van der Waals surface area contributed by atoms with Gasteiger partial charge in [-0.3, -0.25) is 0 Å². The summed E-state index contributed by atoms with van der Waals surface area (Å²) < 4.78 is 7.41. The van der Waals surface area contributed by atoms with Gasteiger partial charge in [-0.2, -0.15) is 0 Å². The SMILES string of the molecule is COc1ccc(Cn2ccc3c2CC(C)(C)CC3N)cn1. The monoisotopic (exact) mass is 285 g/mol. The molecule has 0 fully saturated rings. The van der Waals surface area contributed by atoms with E-state index in [2.05, 4.69) is 41.7 Å². The molecular formula is C17H23N3O. The van der Waals surface area contributed by atoms with Gasteiger partial charge in [-0.15, -0.1) is 0 Å². The minimum atomic E-state index is 0.152. The van der Waals surface area contributed by atoms with E-state index >= 15 is 0 Å². The number of hydrogen-bond acceptors (Lipinski definition) is 3. The lowest BCUT2D eigenvalue weighted by molar-refractivity contribution is 0.276. The molecule has 0 radical (unpaired) electrons. The Labute approximate surface area is 125 Å². The van der Waals surface area contributed by atoms with Crippen LogP contribution >= 0.6 is 0 Å². The van der Waals surface area contributed by atoms with E-state index in [1.165, 1.54) is 16.8 Å². The van der Waals surface area contributed by atoms with E-state index in [9.17, 15) is 0 Å². The molecule has 0 saturated carbocycles. The second kappa shape index (κ2) is 5.19. The van der Waals surface area contributed by atoms with Crippen molar-refractivity contribution < 1.29 is 4.74 Å². The Morgan fingerprint density at radius 3 is 2.86 bits per heavy atom. The van der Waals surface area contributed by atoms with Crippen LogP contribution in [0.5, 0.6) is 5.88 Å². The van der Waals surface area contributed by atoms with Crippen LogP contribution in [0.25, 0.3) is 0 Å². The number of nitrogens with zero attached hydrogens (tertiary/aromatic N) is 2. The van der Waals surface area contributed by atoms with E-state index in [1.807, 2.05) is 12.3 Å². The van der Waals surface area contributed by atoms with Gasteiger partial charge in [0.15, 0.2) is 0 Å². The number of aromatic nitrogens is 2. The predicted octanol–water partition coefficient (Wildman–Crippen LogP) is 2.91. The lowest BCUT2D eigenvalue weighted by Gasteiger charge is -2.34. The highest BCUT2D eigenvalue weighted by Gasteiger charge is 2.32. The van der Waals surface area contributed by atoms with Crippen LogP contribution < -0.4 is 10.5 Å². The van der Waals surface area contributed by atoms with Gasteiger partial charge in [-0.25, -0.2) is 4.98 Å². The van der Waals surface area contributed by atoms with Crippen molar-refractivity contribution in [3.8, 4) is 5.88 Å². The normalized spacial score (nSPS) is 20.1. The fourth-order valence-corrected chi connectivity index (χ4v) is 3.26. The molecule has 0 aromatic carbocycles. The van der Waals surface area contributed by atoms with Crippen LogP contribution in [0.15, 0.2) is 30.6 Å². The third kappa shape index (κ3) is 2.81. The molecule has 21 heavy (non-hydrogen) atoms. The summed E-state index contributed by atoms with van der Waals surface area (Å²) in [5.41, 5.74) is 10.4. The highest BCUT2D eigenvalue weighted by molar-refractivity contribution is 5.31. The van der Waals surface area contributed by atoms with E-state index in [1.54, 1.807) is 7.11 Å². The molecular weight excluding hydrogens is 262 g/mol. The van der Waals surface area contributed by atoms with Gasteiger partial charge in [0.05, 0.1) is 7.11 Å². The van der Waals surface area contributed by atoms with E-state index in [4.69, 9.17) is 10.5 Å². The third-order valence-electron chi connectivity index (χ3n) is 4.29. The zero-order valence-electron chi connectivity index (χ0n) is 13.0. The maximum atomic E-state index is 6.32. The Morgan fingerprint density at radius 1 is 1.38 bits per heavy atom. The quantitative estimate of drug-likeness (QED) is 0.943. The number of nitrogens with two attached hydrogens (primary N) is 1. The Bertz CT molecular complexity index is 628. The molecule has 0 saturated heterocycles. The largest absolute Gasteiger partial charge is 0.481 e. The second-order valence-corrected chi connectivity index (χ2v) is 6.71. The molecule has 0 amide bonds. The molecule has 0 bridgehead atoms. The first-order valence-electron chi connectivity index (χ1n) is 7.41. The minimum absolute atomic E-state index is 0.152. The second-order valence-electron chi connectivity index (χ2n) is 6.71. The van der Waals surface area contributed by atoms with Gasteiger partial charge in [0.1, 0.15) is 0 Å². The van der Waals surface area contributed by atoms with Crippen molar-refractivity contribution in [2.45, 2.75) is 39.3 Å². The summed E-state index contributed by atoms with van der Waals surface area (Å²) >= 11 is 0. The fraction of sp³-hybridized carbons (Fsp3) is 0.471. The molecule has 2 aromatic heterocycles. The van der Waals surface area contributed by atoms with Crippen LogP contribution in [-0.4, -0.2) is 16.7 Å². The van der Waals surface area contributed by atoms with E-state index in [0.717, 1.165) is 19.4 Å². The summed E-state index contributed by atoms with van der Waals surface area (Å²) in [6.07, 6.45) is 6.15. The highest BCUT2D eigenvalue weighted by Crippen LogP contribution is 2.40. The Hall–Kier alpha value is -1.81. The average Bonchev–Trinajstić information content (AvgIpc) is 2.81. The molecule has 0 spiro atoms. The number of rotatable bonds is 3. The summed E-state index contributed by atoms with van der Waals surface area (Å²) in [5, 5.41) is 0. The first kappa shape index (κ1) is 14.1. The minimum Gasteiger partial charge on any atom is -0.481 e. The van der Waals surface area contributed by atoms with Gasteiger partial charge in [-0.05, 0) is 35.4 Å². The highest BCUT2D eigenvalue weighted by atomic mass is 16.5. The maximum Gasteiger partial charge on any atom is 0.212 e. The van der Waals surface area contributed by atoms with Gasteiger partial charge < -0.3 is 15.0 Å². The summed E-state index contributed by atoms with van der Waals surface area (Å²) in [5.74, 6) is 0.649. The molecule has 4 heteroatoms. The van der Waals surface area contributed by atoms with Crippen molar-refractivity contribution in [3.63, 3.8) is 0 Å². The van der Waals surface area contributed by atoms with Crippen LogP contribution in [-0.2, 0) is 13.0 Å². The average molecular weight is 285 g/mol. The van der Waals surface area contributed by atoms with Crippen molar-refractivity contribution in [2.24, 2.45) is 11.1 Å². The van der Waals surface area contributed by atoms with Gasteiger partial charge in [0.2, 0.25) is 5.88 Å². The summed E-state index contributed by atoms with van der Waals surface area (Å²) in [6.45, 7) is 5.42. The third-order valence-corrected chi connectivity index (χ3v) is 4.29. The van der Waals surface area contributed by atoms with Crippen LogP contribution in [0, 0.1) is 5.41 Å². The first-order valence-corrected chi connectivity index (χ1v) is 7.41. The number of fused-ring (bicyclic) bond motifs is 1. The molecule has 2 heterocycles. The molecule has 4 nitrogen and oxygen atoms in total. The molecule has 1 unspecified atom stereocenters. The molecule has 1 atom stereocenters.